The molecule has 4 rings (SSSR count). The monoisotopic (exact) mass is 279 g/mol. The molecule has 0 spiro atoms. The Hall–Kier alpha value is -3.15. The molecule has 0 saturated heterocycles. The zero-order valence-corrected chi connectivity index (χ0v) is 10.7. The number of nitrogens with zero attached hydrogens (tertiary/aromatic N) is 3. The van der Waals surface area contributed by atoms with Gasteiger partial charge in [-0.25, -0.2) is 4.98 Å². The lowest BCUT2D eigenvalue weighted by Crippen LogP contribution is -1.83. The van der Waals surface area contributed by atoms with Crippen molar-refractivity contribution in [3.63, 3.8) is 0 Å². The van der Waals surface area contributed by atoms with Crippen LogP contribution in [0.4, 0.5) is 0 Å². The second kappa shape index (κ2) is 4.45. The Balaban J connectivity index is 1.79. The van der Waals surface area contributed by atoms with Gasteiger partial charge in [0, 0.05) is 11.6 Å². The van der Waals surface area contributed by atoms with Gasteiger partial charge in [-0.1, -0.05) is 23.4 Å². The molecule has 3 heterocycles. The highest BCUT2D eigenvalue weighted by molar-refractivity contribution is 5.81. The number of hydrogen-bond donors (Lipinski definition) is 1. The highest BCUT2D eigenvalue weighted by Crippen LogP contribution is 2.29. The minimum atomic E-state index is -0.0164. The fourth-order valence-electron chi connectivity index (χ4n) is 2.07. The number of benzene rings is 1. The lowest BCUT2D eigenvalue weighted by atomic mass is 10.2. The van der Waals surface area contributed by atoms with Gasteiger partial charge in [-0.15, -0.1) is 0 Å². The van der Waals surface area contributed by atoms with E-state index in [1.54, 1.807) is 12.3 Å². The van der Waals surface area contributed by atoms with Gasteiger partial charge in [-0.05, 0) is 24.3 Å². The van der Waals surface area contributed by atoms with Gasteiger partial charge in [-0.3, -0.25) is 0 Å². The Kier molecular flexibility index (Phi) is 2.47. The van der Waals surface area contributed by atoms with Crippen molar-refractivity contribution in [1.29, 1.82) is 0 Å². The van der Waals surface area contributed by atoms with Gasteiger partial charge in [0.2, 0.25) is 5.82 Å². The number of hydrogen-bond acceptors (Lipinski definition) is 6. The zero-order chi connectivity index (χ0) is 14.2. The Morgan fingerprint density at radius 2 is 1.95 bits per heavy atom. The highest BCUT2D eigenvalue weighted by atomic mass is 16.5. The fraction of sp³-hybridized carbons (Fsp3) is 0. The van der Waals surface area contributed by atoms with E-state index in [1.165, 1.54) is 6.07 Å². The summed E-state index contributed by atoms with van der Waals surface area (Å²) in [5, 5.41) is 14.6. The number of aromatic nitrogens is 3. The van der Waals surface area contributed by atoms with Gasteiger partial charge in [0.05, 0.1) is 0 Å². The van der Waals surface area contributed by atoms with E-state index in [9.17, 15) is 5.11 Å². The highest BCUT2D eigenvalue weighted by Gasteiger charge is 2.17. The Morgan fingerprint density at radius 3 is 2.81 bits per heavy atom. The quantitative estimate of drug-likeness (QED) is 0.606. The summed E-state index contributed by atoms with van der Waals surface area (Å²) in [5.41, 5.74) is 0.992. The molecule has 0 atom stereocenters. The van der Waals surface area contributed by atoms with Crippen LogP contribution in [0.2, 0.25) is 0 Å². The first-order valence-corrected chi connectivity index (χ1v) is 6.28. The summed E-state index contributed by atoms with van der Waals surface area (Å²) >= 11 is 0. The lowest BCUT2D eigenvalue weighted by Gasteiger charge is -1.95. The number of furan rings is 1. The number of para-hydroxylation sites is 1. The number of rotatable bonds is 2. The molecule has 6 heteroatoms. The first-order chi connectivity index (χ1) is 10.3. The molecule has 0 aliphatic carbocycles. The molecule has 0 aliphatic heterocycles. The van der Waals surface area contributed by atoms with Crippen LogP contribution in [-0.4, -0.2) is 20.2 Å². The van der Waals surface area contributed by atoms with Crippen LogP contribution in [0.3, 0.4) is 0 Å². The van der Waals surface area contributed by atoms with Crippen LogP contribution in [0, 0.1) is 0 Å². The van der Waals surface area contributed by atoms with E-state index in [1.807, 2.05) is 30.3 Å². The molecule has 1 aromatic carbocycles. The maximum Gasteiger partial charge on any atom is 0.280 e. The largest absolute Gasteiger partial charge is 0.505 e. The van der Waals surface area contributed by atoms with Gasteiger partial charge in [-0.2, -0.15) is 4.98 Å². The average Bonchev–Trinajstić information content (AvgIpc) is 3.14. The standard InChI is InChI=1S/C15H9N3O3/c19-10-5-3-7-16-13(10)15-17-14(18-21-15)12-8-9-4-1-2-6-11(9)20-12/h1-8,19H. The summed E-state index contributed by atoms with van der Waals surface area (Å²) in [4.78, 5) is 8.23. The maximum atomic E-state index is 9.74. The Labute approximate surface area is 118 Å². The van der Waals surface area contributed by atoms with Crippen LogP contribution in [-0.2, 0) is 0 Å². The molecule has 102 valence electrons. The predicted octanol–water partition coefficient (Wildman–Crippen LogP) is 3.25. The summed E-state index contributed by atoms with van der Waals surface area (Å²) in [6.45, 7) is 0. The normalized spacial score (nSPS) is 11.0. The third-order valence-corrected chi connectivity index (χ3v) is 3.06. The minimum Gasteiger partial charge on any atom is -0.505 e. The van der Waals surface area contributed by atoms with E-state index in [0.29, 0.717) is 11.6 Å². The smallest absolute Gasteiger partial charge is 0.280 e. The van der Waals surface area contributed by atoms with Crippen molar-refractivity contribution >= 4 is 11.0 Å². The lowest BCUT2D eigenvalue weighted by molar-refractivity contribution is 0.422. The molecule has 4 aromatic rings. The van der Waals surface area contributed by atoms with Gasteiger partial charge in [0.15, 0.2) is 11.5 Å². The van der Waals surface area contributed by atoms with Gasteiger partial charge in [0.25, 0.3) is 5.89 Å². The van der Waals surface area contributed by atoms with Crippen molar-refractivity contribution in [2.45, 2.75) is 0 Å². The summed E-state index contributed by atoms with van der Waals surface area (Å²) in [7, 11) is 0. The van der Waals surface area contributed by atoms with Crippen molar-refractivity contribution in [3.8, 4) is 28.9 Å². The molecule has 0 fully saturated rings. The van der Waals surface area contributed by atoms with E-state index in [-0.39, 0.29) is 17.3 Å². The van der Waals surface area contributed by atoms with Crippen molar-refractivity contribution in [2.75, 3.05) is 0 Å². The first-order valence-electron chi connectivity index (χ1n) is 6.28. The molecule has 6 nitrogen and oxygen atoms in total. The molecule has 0 bridgehead atoms. The molecule has 3 aromatic heterocycles. The van der Waals surface area contributed by atoms with Gasteiger partial charge in [0.1, 0.15) is 11.3 Å². The minimum absolute atomic E-state index is 0.0164. The second-order valence-corrected chi connectivity index (χ2v) is 4.44. The van der Waals surface area contributed by atoms with Crippen LogP contribution in [0.5, 0.6) is 5.75 Å². The van der Waals surface area contributed by atoms with Crippen molar-refractivity contribution in [1.82, 2.24) is 15.1 Å². The number of fused-ring (bicyclic) bond motifs is 1. The van der Waals surface area contributed by atoms with E-state index < -0.39 is 0 Å². The van der Waals surface area contributed by atoms with E-state index in [4.69, 9.17) is 8.94 Å². The summed E-state index contributed by atoms with van der Waals surface area (Å²) in [5.74, 6) is 0.939. The van der Waals surface area contributed by atoms with Crippen LogP contribution < -0.4 is 0 Å². The topological polar surface area (TPSA) is 85.2 Å². The third-order valence-electron chi connectivity index (χ3n) is 3.06. The van der Waals surface area contributed by atoms with E-state index in [2.05, 4.69) is 15.1 Å². The summed E-state index contributed by atoms with van der Waals surface area (Å²) < 4.78 is 10.8. The molecule has 0 unspecified atom stereocenters. The molecule has 0 aliphatic rings. The average molecular weight is 279 g/mol. The van der Waals surface area contributed by atoms with Crippen LogP contribution >= 0.6 is 0 Å². The number of pyridine rings is 1. The maximum absolute atomic E-state index is 9.74. The Bertz CT molecular complexity index is 893. The molecule has 0 radical (unpaired) electrons. The van der Waals surface area contributed by atoms with E-state index >= 15 is 0 Å². The van der Waals surface area contributed by atoms with Crippen LogP contribution in [0.15, 0.2) is 57.6 Å². The van der Waals surface area contributed by atoms with E-state index in [0.717, 1.165) is 11.0 Å². The zero-order valence-electron chi connectivity index (χ0n) is 10.7. The van der Waals surface area contributed by atoms with Crippen LogP contribution in [0.1, 0.15) is 0 Å². The summed E-state index contributed by atoms with van der Waals surface area (Å²) in [6.07, 6.45) is 1.54. The molecule has 1 N–H and O–H groups in total. The fourth-order valence-corrected chi connectivity index (χ4v) is 2.07. The first kappa shape index (κ1) is 11.7. The predicted molar refractivity (Wildman–Crippen MR) is 74.4 cm³/mol. The molecule has 0 amide bonds. The van der Waals surface area contributed by atoms with Gasteiger partial charge >= 0.3 is 0 Å². The van der Waals surface area contributed by atoms with Crippen molar-refractivity contribution in [2.24, 2.45) is 0 Å². The molecule has 21 heavy (non-hydrogen) atoms. The second-order valence-electron chi connectivity index (χ2n) is 4.44. The SMILES string of the molecule is Oc1cccnc1-c1nc(-c2cc3ccccc3o2)no1. The molecular formula is C15H9N3O3. The van der Waals surface area contributed by atoms with Crippen molar-refractivity contribution in [3.05, 3.63) is 48.7 Å². The molecular weight excluding hydrogens is 270 g/mol. The van der Waals surface area contributed by atoms with Crippen molar-refractivity contribution < 1.29 is 14.0 Å². The van der Waals surface area contributed by atoms with Crippen LogP contribution in [0.25, 0.3) is 34.1 Å². The number of aromatic hydroxyl groups is 1. The Morgan fingerprint density at radius 1 is 1.05 bits per heavy atom. The van der Waals surface area contributed by atoms with Gasteiger partial charge < -0.3 is 14.0 Å². The third kappa shape index (κ3) is 1.93. The molecule has 0 saturated carbocycles. The summed E-state index contributed by atoms with van der Waals surface area (Å²) in [6, 6.07) is 12.6.